The van der Waals surface area contributed by atoms with Crippen LogP contribution in [0.1, 0.15) is 49.0 Å². The molecule has 17 heavy (non-hydrogen) atoms. The van der Waals surface area contributed by atoms with Crippen LogP contribution >= 0.6 is 0 Å². The van der Waals surface area contributed by atoms with Gasteiger partial charge in [-0.05, 0) is 32.6 Å². The van der Waals surface area contributed by atoms with E-state index in [2.05, 4.69) is 12.1 Å². The molecule has 1 aromatic heterocycles. The van der Waals surface area contributed by atoms with Crippen LogP contribution in [-0.4, -0.2) is 29.1 Å². The molecular weight excluding hydrogens is 216 g/mol. The van der Waals surface area contributed by atoms with E-state index in [0.717, 1.165) is 30.6 Å². The zero-order valence-corrected chi connectivity index (χ0v) is 10.8. The number of hydrogen-bond donors (Lipinski definition) is 0. The maximum absolute atomic E-state index is 12.3. The van der Waals surface area contributed by atoms with Gasteiger partial charge in [-0.2, -0.15) is 0 Å². The van der Waals surface area contributed by atoms with Crippen molar-refractivity contribution in [1.29, 1.82) is 0 Å². The van der Waals surface area contributed by atoms with Crippen LogP contribution in [0.4, 0.5) is 0 Å². The van der Waals surface area contributed by atoms with Crippen molar-refractivity contribution in [3.63, 3.8) is 0 Å². The molecule has 1 aliphatic rings. The van der Waals surface area contributed by atoms with Crippen LogP contribution in [0.3, 0.4) is 0 Å². The summed E-state index contributed by atoms with van der Waals surface area (Å²) in [5, 5.41) is 3.98. The van der Waals surface area contributed by atoms with Crippen LogP contribution in [0.2, 0.25) is 0 Å². The first-order chi connectivity index (χ1) is 8.17. The number of aromatic nitrogens is 1. The summed E-state index contributed by atoms with van der Waals surface area (Å²) in [7, 11) is 0. The fraction of sp³-hybridized carbons (Fsp3) is 0.692. The number of hydrogen-bond acceptors (Lipinski definition) is 3. The van der Waals surface area contributed by atoms with Crippen LogP contribution in [0.5, 0.6) is 0 Å². The molecular formula is C13H20N2O2. The molecule has 0 fully saturated rings. The molecule has 4 nitrogen and oxygen atoms in total. The average molecular weight is 236 g/mol. The van der Waals surface area contributed by atoms with Gasteiger partial charge in [-0.1, -0.05) is 12.1 Å². The largest absolute Gasteiger partial charge is 0.360 e. The maximum atomic E-state index is 12.3. The number of nitrogens with zero attached hydrogens (tertiary/aromatic N) is 2. The number of aryl methyl sites for hydroxylation is 1. The second-order valence-electron chi connectivity index (χ2n) is 4.76. The lowest BCUT2D eigenvalue weighted by molar-refractivity contribution is 0.0761. The van der Waals surface area contributed by atoms with Crippen molar-refractivity contribution in [2.24, 2.45) is 5.92 Å². The first-order valence-electron chi connectivity index (χ1n) is 6.44. The summed E-state index contributed by atoms with van der Waals surface area (Å²) in [5.41, 5.74) is 1.58. The van der Waals surface area contributed by atoms with Gasteiger partial charge in [-0.15, -0.1) is 0 Å². The van der Waals surface area contributed by atoms with Gasteiger partial charge in [0.15, 0.2) is 5.69 Å². The highest BCUT2D eigenvalue weighted by atomic mass is 16.5. The smallest absolute Gasteiger partial charge is 0.276 e. The van der Waals surface area contributed by atoms with Gasteiger partial charge < -0.3 is 9.42 Å². The Labute approximate surface area is 102 Å². The van der Waals surface area contributed by atoms with Gasteiger partial charge in [0.2, 0.25) is 0 Å². The zero-order valence-electron chi connectivity index (χ0n) is 10.8. The van der Waals surface area contributed by atoms with Crippen molar-refractivity contribution in [2.75, 3.05) is 13.1 Å². The SMILES string of the molecule is CCN(CC)C(=O)c1noc2c1C[C@H](C)CC2. The minimum Gasteiger partial charge on any atom is -0.360 e. The third-order valence-corrected chi connectivity index (χ3v) is 3.54. The van der Waals surface area contributed by atoms with Crippen molar-refractivity contribution < 1.29 is 9.32 Å². The number of amides is 1. The summed E-state index contributed by atoms with van der Waals surface area (Å²) in [6.45, 7) is 7.60. The molecule has 0 radical (unpaired) electrons. The van der Waals surface area contributed by atoms with Crippen LogP contribution in [0.15, 0.2) is 4.52 Å². The third kappa shape index (κ3) is 2.21. The molecule has 1 amide bonds. The van der Waals surface area contributed by atoms with E-state index in [1.54, 1.807) is 4.90 Å². The monoisotopic (exact) mass is 236 g/mol. The predicted octanol–water partition coefficient (Wildman–Crippen LogP) is 2.28. The van der Waals surface area contributed by atoms with E-state index in [-0.39, 0.29) is 5.91 Å². The molecule has 0 spiro atoms. The Morgan fingerprint density at radius 1 is 1.47 bits per heavy atom. The minimum absolute atomic E-state index is 0.00843. The van der Waals surface area contributed by atoms with E-state index in [1.165, 1.54) is 0 Å². The summed E-state index contributed by atoms with van der Waals surface area (Å²) in [6, 6.07) is 0. The molecule has 94 valence electrons. The first-order valence-corrected chi connectivity index (χ1v) is 6.44. The molecule has 2 rings (SSSR count). The number of carbonyl (C=O) groups is 1. The van der Waals surface area contributed by atoms with E-state index < -0.39 is 0 Å². The third-order valence-electron chi connectivity index (χ3n) is 3.54. The van der Waals surface area contributed by atoms with Crippen molar-refractivity contribution in [3.8, 4) is 0 Å². The van der Waals surface area contributed by atoms with E-state index in [0.29, 0.717) is 24.7 Å². The lowest BCUT2D eigenvalue weighted by atomic mass is 9.88. The molecule has 0 aromatic carbocycles. The van der Waals surface area contributed by atoms with Gasteiger partial charge in [0.05, 0.1) is 0 Å². The first kappa shape index (κ1) is 12.1. The van der Waals surface area contributed by atoms with Gasteiger partial charge in [0.1, 0.15) is 5.76 Å². The second kappa shape index (κ2) is 4.90. The molecule has 0 unspecified atom stereocenters. The zero-order chi connectivity index (χ0) is 12.4. The Hall–Kier alpha value is -1.32. The molecule has 0 bridgehead atoms. The normalized spacial score (nSPS) is 18.9. The van der Waals surface area contributed by atoms with Gasteiger partial charge >= 0.3 is 0 Å². The minimum atomic E-state index is 0.00843. The highest BCUT2D eigenvalue weighted by Gasteiger charge is 2.28. The lowest BCUT2D eigenvalue weighted by Gasteiger charge is -2.20. The van der Waals surface area contributed by atoms with E-state index >= 15 is 0 Å². The highest BCUT2D eigenvalue weighted by Crippen LogP contribution is 2.28. The average Bonchev–Trinajstić information content (AvgIpc) is 2.73. The molecule has 0 saturated carbocycles. The van der Waals surface area contributed by atoms with Gasteiger partial charge in [-0.25, -0.2) is 0 Å². The Morgan fingerprint density at radius 2 is 2.18 bits per heavy atom. The van der Waals surface area contributed by atoms with E-state index in [9.17, 15) is 4.79 Å². The van der Waals surface area contributed by atoms with Crippen molar-refractivity contribution in [2.45, 2.75) is 40.0 Å². The molecule has 1 aliphatic carbocycles. The fourth-order valence-electron chi connectivity index (χ4n) is 2.41. The quantitative estimate of drug-likeness (QED) is 0.808. The van der Waals surface area contributed by atoms with Crippen LogP contribution < -0.4 is 0 Å². The van der Waals surface area contributed by atoms with Crippen molar-refractivity contribution >= 4 is 5.91 Å². The van der Waals surface area contributed by atoms with Crippen molar-refractivity contribution in [3.05, 3.63) is 17.0 Å². The van der Waals surface area contributed by atoms with Gasteiger partial charge in [-0.3, -0.25) is 4.79 Å². The predicted molar refractivity (Wildman–Crippen MR) is 64.9 cm³/mol. The summed E-state index contributed by atoms with van der Waals surface area (Å²) < 4.78 is 5.30. The Balaban J connectivity index is 2.28. The van der Waals surface area contributed by atoms with Gasteiger partial charge in [0, 0.05) is 25.1 Å². The number of carbonyl (C=O) groups excluding carboxylic acids is 1. The molecule has 4 heteroatoms. The molecule has 1 aromatic rings. The maximum Gasteiger partial charge on any atom is 0.276 e. The standard InChI is InChI=1S/C13H20N2O2/c1-4-15(5-2)13(16)12-10-8-9(3)6-7-11(10)17-14-12/h9H,4-8H2,1-3H3/t9-/m1/s1. The van der Waals surface area contributed by atoms with Crippen LogP contribution in [-0.2, 0) is 12.8 Å². The molecule has 1 atom stereocenters. The van der Waals surface area contributed by atoms with Crippen molar-refractivity contribution in [1.82, 2.24) is 10.1 Å². The summed E-state index contributed by atoms with van der Waals surface area (Å²) in [6.07, 6.45) is 2.96. The summed E-state index contributed by atoms with van der Waals surface area (Å²) in [5.74, 6) is 1.54. The lowest BCUT2D eigenvalue weighted by Crippen LogP contribution is -2.31. The Morgan fingerprint density at radius 3 is 2.82 bits per heavy atom. The molecule has 0 aliphatic heterocycles. The molecule has 0 saturated heterocycles. The van der Waals surface area contributed by atoms with E-state index in [4.69, 9.17) is 4.52 Å². The Bertz CT molecular complexity index is 408. The van der Waals surface area contributed by atoms with Crippen LogP contribution in [0.25, 0.3) is 0 Å². The summed E-state index contributed by atoms with van der Waals surface area (Å²) >= 11 is 0. The fourth-order valence-corrected chi connectivity index (χ4v) is 2.41. The van der Waals surface area contributed by atoms with Crippen LogP contribution in [0, 0.1) is 5.92 Å². The van der Waals surface area contributed by atoms with Gasteiger partial charge in [0.25, 0.3) is 5.91 Å². The molecule has 1 heterocycles. The number of fused-ring (bicyclic) bond motifs is 1. The molecule has 0 N–H and O–H groups in total. The topological polar surface area (TPSA) is 46.3 Å². The summed E-state index contributed by atoms with van der Waals surface area (Å²) in [4.78, 5) is 14.0. The Kier molecular flexibility index (Phi) is 3.50. The van der Waals surface area contributed by atoms with E-state index in [1.807, 2.05) is 13.8 Å². The highest BCUT2D eigenvalue weighted by molar-refractivity contribution is 5.93. The second-order valence-corrected chi connectivity index (χ2v) is 4.76. The number of rotatable bonds is 3.